The van der Waals surface area contributed by atoms with Crippen LogP contribution >= 0.6 is 0 Å². The second kappa shape index (κ2) is 7.42. The Morgan fingerprint density at radius 2 is 2.09 bits per heavy atom. The number of carbonyl (C=O) groups excluding carboxylic acids is 1. The number of carbonyl (C=O) groups is 1. The van der Waals surface area contributed by atoms with Crippen LogP contribution in [0.3, 0.4) is 0 Å². The van der Waals surface area contributed by atoms with Gasteiger partial charge in [0.15, 0.2) is 17.3 Å². The van der Waals surface area contributed by atoms with E-state index in [1.807, 2.05) is 11.8 Å². The summed E-state index contributed by atoms with van der Waals surface area (Å²) in [7, 11) is 4.28. The van der Waals surface area contributed by atoms with Crippen molar-refractivity contribution in [2.75, 3.05) is 51.7 Å². The first-order chi connectivity index (χ1) is 11.0. The SMILES string of the molecule is COCC1CN(c2nc(N)c(OC)c(C(=O)OC)n2)CC(C)O1. The first-order valence-corrected chi connectivity index (χ1v) is 7.19. The van der Waals surface area contributed by atoms with Crippen molar-refractivity contribution in [2.24, 2.45) is 0 Å². The van der Waals surface area contributed by atoms with E-state index in [2.05, 4.69) is 9.97 Å². The summed E-state index contributed by atoms with van der Waals surface area (Å²) in [6, 6.07) is 0. The summed E-state index contributed by atoms with van der Waals surface area (Å²) in [5.74, 6) is -0.109. The summed E-state index contributed by atoms with van der Waals surface area (Å²) < 4.78 is 20.8. The van der Waals surface area contributed by atoms with Crippen molar-refractivity contribution in [3.8, 4) is 5.75 Å². The monoisotopic (exact) mass is 326 g/mol. The fourth-order valence-electron chi connectivity index (χ4n) is 2.52. The highest BCUT2D eigenvalue weighted by Gasteiger charge is 2.29. The van der Waals surface area contributed by atoms with Gasteiger partial charge in [-0.05, 0) is 6.92 Å². The van der Waals surface area contributed by atoms with Gasteiger partial charge in [0.2, 0.25) is 5.95 Å². The van der Waals surface area contributed by atoms with Crippen LogP contribution in [-0.2, 0) is 14.2 Å². The van der Waals surface area contributed by atoms with E-state index < -0.39 is 5.97 Å². The molecule has 2 heterocycles. The number of hydrogen-bond donors (Lipinski definition) is 1. The number of ether oxygens (including phenoxy) is 4. The lowest BCUT2D eigenvalue weighted by atomic mass is 10.2. The van der Waals surface area contributed by atoms with Gasteiger partial charge in [-0.25, -0.2) is 9.78 Å². The molecule has 0 aromatic carbocycles. The summed E-state index contributed by atoms with van der Waals surface area (Å²) in [4.78, 5) is 22.3. The molecule has 0 aliphatic carbocycles. The third kappa shape index (κ3) is 3.80. The molecule has 1 aliphatic rings. The molecule has 0 spiro atoms. The Morgan fingerprint density at radius 1 is 1.35 bits per heavy atom. The van der Waals surface area contributed by atoms with E-state index in [0.717, 1.165) is 0 Å². The molecule has 0 amide bonds. The Hall–Kier alpha value is -2.13. The quantitative estimate of drug-likeness (QED) is 0.753. The van der Waals surface area contributed by atoms with Crippen molar-refractivity contribution >= 4 is 17.7 Å². The van der Waals surface area contributed by atoms with Gasteiger partial charge in [0.05, 0.1) is 33.0 Å². The van der Waals surface area contributed by atoms with Gasteiger partial charge in [-0.15, -0.1) is 0 Å². The molecule has 2 N–H and O–H groups in total. The average Bonchev–Trinajstić information content (AvgIpc) is 2.53. The normalized spacial score (nSPS) is 21.1. The molecule has 1 aliphatic heterocycles. The minimum atomic E-state index is -0.632. The number of nitrogens with zero attached hydrogens (tertiary/aromatic N) is 3. The smallest absolute Gasteiger partial charge is 0.360 e. The molecular formula is C14H22N4O5. The molecule has 0 saturated carbocycles. The second-order valence-corrected chi connectivity index (χ2v) is 5.21. The third-order valence-electron chi connectivity index (χ3n) is 3.42. The van der Waals surface area contributed by atoms with Crippen LogP contribution in [0, 0.1) is 0 Å². The number of anilines is 2. The highest BCUT2D eigenvalue weighted by Crippen LogP contribution is 2.27. The molecule has 0 bridgehead atoms. The largest absolute Gasteiger partial charge is 0.491 e. The summed E-state index contributed by atoms with van der Waals surface area (Å²) >= 11 is 0. The van der Waals surface area contributed by atoms with Crippen molar-refractivity contribution in [2.45, 2.75) is 19.1 Å². The van der Waals surface area contributed by atoms with Gasteiger partial charge in [0.1, 0.15) is 0 Å². The number of hydrogen-bond acceptors (Lipinski definition) is 9. The number of nitrogen functional groups attached to an aromatic ring is 1. The van der Waals surface area contributed by atoms with Gasteiger partial charge in [-0.1, -0.05) is 0 Å². The van der Waals surface area contributed by atoms with Crippen molar-refractivity contribution in [1.29, 1.82) is 0 Å². The molecule has 1 aromatic heterocycles. The molecule has 23 heavy (non-hydrogen) atoms. The molecule has 2 unspecified atom stereocenters. The summed E-state index contributed by atoms with van der Waals surface area (Å²) in [6.45, 7) is 3.51. The lowest BCUT2D eigenvalue weighted by Crippen LogP contribution is -2.49. The highest BCUT2D eigenvalue weighted by molar-refractivity contribution is 5.92. The van der Waals surface area contributed by atoms with E-state index in [9.17, 15) is 4.79 Å². The van der Waals surface area contributed by atoms with E-state index in [0.29, 0.717) is 25.6 Å². The van der Waals surface area contributed by atoms with Crippen LogP contribution in [0.4, 0.5) is 11.8 Å². The maximum Gasteiger partial charge on any atom is 0.360 e. The maximum absolute atomic E-state index is 11.9. The van der Waals surface area contributed by atoms with Crippen molar-refractivity contribution < 1.29 is 23.7 Å². The van der Waals surface area contributed by atoms with E-state index >= 15 is 0 Å². The molecule has 1 saturated heterocycles. The summed E-state index contributed by atoms with van der Waals surface area (Å²) in [5.41, 5.74) is 5.89. The number of aromatic nitrogens is 2. The Balaban J connectivity index is 2.35. The Labute approximate surface area is 134 Å². The van der Waals surface area contributed by atoms with Gasteiger partial charge >= 0.3 is 5.97 Å². The zero-order valence-corrected chi connectivity index (χ0v) is 13.7. The molecule has 0 radical (unpaired) electrons. The third-order valence-corrected chi connectivity index (χ3v) is 3.42. The molecule has 9 heteroatoms. The van der Waals surface area contributed by atoms with E-state index in [4.69, 9.17) is 24.7 Å². The molecule has 1 aromatic rings. The van der Waals surface area contributed by atoms with E-state index in [1.54, 1.807) is 7.11 Å². The van der Waals surface area contributed by atoms with Gasteiger partial charge < -0.3 is 29.6 Å². The first-order valence-electron chi connectivity index (χ1n) is 7.19. The predicted octanol–water partition coefficient (Wildman–Crippen LogP) is 0.0941. The molecule has 9 nitrogen and oxygen atoms in total. The number of esters is 1. The lowest BCUT2D eigenvalue weighted by Gasteiger charge is -2.36. The molecular weight excluding hydrogens is 304 g/mol. The number of methoxy groups -OCH3 is 3. The van der Waals surface area contributed by atoms with Crippen LogP contribution in [0.2, 0.25) is 0 Å². The fourth-order valence-corrected chi connectivity index (χ4v) is 2.52. The van der Waals surface area contributed by atoms with Crippen LogP contribution in [0.25, 0.3) is 0 Å². The number of morpholine rings is 1. The van der Waals surface area contributed by atoms with Crippen molar-refractivity contribution in [1.82, 2.24) is 9.97 Å². The highest BCUT2D eigenvalue weighted by atomic mass is 16.5. The standard InChI is InChI=1S/C14H22N4O5/c1-8-5-18(6-9(23-8)7-20-2)14-16-10(13(19)22-4)11(21-3)12(15)17-14/h8-9H,5-7H2,1-4H3,(H2,15,16,17). The first kappa shape index (κ1) is 17.2. The van der Waals surface area contributed by atoms with E-state index in [1.165, 1.54) is 14.2 Å². The van der Waals surface area contributed by atoms with Crippen LogP contribution in [0.15, 0.2) is 0 Å². The fraction of sp³-hybridized carbons (Fsp3) is 0.643. The molecule has 2 atom stereocenters. The lowest BCUT2D eigenvalue weighted by molar-refractivity contribution is -0.0514. The minimum absolute atomic E-state index is 0.0000589. The number of nitrogens with two attached hydrogens (primary N) is 1. The molecule has 1 fully saturated rings. The topological polar surface area (TPSA) is 109 Å². The van der Waals surface area contributed by atoms with Crippen LogP contribution in [0.1, 0.15) is 17.4 Å². The predicted molar refractivity (Wildman–Crippen MR) is 82.8 cm³/mol. The van der Waals surface area contributed by atoms with Gasteiger partial charge in [0.25, 0.3) is 0 Å². The zero-order chi connectivity index (χ0) is 17.0. The Kier molecular flexibility index (Phi) is 5.56. The van der Waals surface area contributed by atoms with E-state index in [-0.39, 0.29) is 29.5 Å². The van der Waals surface area contributed by atoms with Gasteiger partial charge in [0, 0.05) is 20.2 Å². The van der Waals surface area contributed by atoms with Crippen LogP contribution in [-0.4, -0.2) is 69.2 Å². The van der Waals surface area contributed by atoms with Gasteiger partial charge in [-0.3, -0.25) is 0 Å². The van der Waals surface area contributed by atoms with Crippen molar-refractivity contribution in [3.05, 3.63) is 5.69 Å². The minimum Gasteiger partial charge on any atom is -0.491 e. The van der Waals surface area contributed by atoms with Gasteiger partial charge in [-0.2, -0.15) is 4.98 Å². The molecule has 2 rings (SSSR count). The molecule has 128 valence electrons. The Morgan fingerprint density at radius 3 is 2.70 bits per heavy atom. The van der Waals surface area contributed by atoms with Crippen LogP contribution in [0.5, 0.6) is 5.75 Å². The summed E-state index contributed by atoms with van der Waals surface area (Å²) in [6.07, 6.45) is -0.144. The second-order valence-electron chi connectivity index (χ2n) is 5.21. The maximum atomic E-state index is 11.9. The summed E-state index contributed by atoms with van der Waals surface area (Å²) in [5, 5.41) is 0. The van der Waals surface area contributed by atoms with Crippen molar-refractivity contribution in [3.63, 3.8) is 0 Å². The zero-order valence-electron chi connectivity index (χ0n) is 13.7. The number of rotatable bonds is 5. The van der Waals surface area contributed by atoms with Crippen LogP contribution < -0.4 is 15.4 Å². The Bertz CT molecular complexity index is 568. The average molecular weight is 326 g/mol.